The molecule has 0 aliphatic carbocycles. The van der Waals surface area contributed by atoms with Gasteiger partial charge in [0, 0.05) is 6.42 Å². The Morgan fingerprint density at radius 3 is 2.38 bits per heavy atom. The number of ether oxygens (including phenoxy) is 1. The van der Waals surface area contributed by atoms with Crippen LogP contribution >= 0.6 is 0 Å². The number of para-hydroxylation sites is 1. The average molecular weight is 290 g/mol. The molecule has 0 fully saturated rings. The lowest BCUT2D eigenvalue weighted by atomic mass is 9.97. The van der Waals surface area contributed by atoms with Crippen molar-refractivity contribution in [2.45, 2.75) is 71.6 Å². The molecule has 0 aliphatic rings. The van der Waals surface area contributed by atoms with Crippen molar-refractivity contribution in [3.05, 3.63) is 30.3 Å². The van der Waals surface area contributed by atoms with E-state index in [1.807, 2.05) is 30.3 Å². The zero-order valence-electron chi connectivity index (χ0n) is 13.6. The first-order valence-corrected chi connectivity index (χ1v) is 8.48. The van der Waals surface area contributed by atoms with E-state index in [9.17, 15) is 4.79 Å². The van der Waals surface area contributed by atoms with Crippen LogP contribution in [0.4, 0.5) is 0 Å². The molecule has 0 spiro atoms. The van der Waals surface area contributed by atoms with Crippen LogP contribution in [0, 0.1) is 5.92 Å². The topological polar surface area (TPSA) is 26.3 Å². The normalized spacial score (nSPS) is 12.1. The van der Waals surface area contributed by atoms with E-state index < -0.39 is 0 Å². The zero-order chi connectivity index (χ0) is 15.3. The van der Waals surface area contributed by atoms with Gasteiger partial charge in [-0.3, -0.25) is 4.79 Å². The average Bonchev–Trinajstić information content (AvgIpc) is 2.50. The minimum absolute atomic E-state index is 0.115. The third kappa shape index (κ3) is 9.28. The van der Waals surface area contributed by atoms with E-state index in [1.165, 1.54) is 44.9 Å². The van der Waals surface area contributed by atoms with Crippen LogP contribution in [0.2, 0.25) is 0 Å². The van der Waals surface area contributed by atoms with E-state index >= 15 is 0 Å². The van der Waals surface area contributed by atoms with Crippen LogP contribution in [0.15, 0.2) is 30.3 Å². The molecule has 21 heavy (non-hydrogen) atoms. The minimum atomic E-state index is -0.115. The highest BCUT2D eigenvalue weighted by Crippen LogP contribution is 2.17. The second kappa shape index (κ2) is 11.4. The highest BCUT2D eigenvalue weighted by molar-refractivity contribution is 5.72. The first kappa shape index (κ1) is 17.7. The lowest BCUT2D eigenvalue weighted by Gasteiger charge is -2.11. The van der Waals surface area contributed by atoms with E-state index in [0.29, 0.717) is 18.1 Å². The van der Waals surface area contributed by atoms with Crippen LogP contribution in [0.25, 0.3) is 0 Å². The van der Waals surface area contributed by atoms with Crippen molar-refractivity contribution in [3.63, 3.8) is 0 Å². The van der Waals surface area contributed by atoms with Crippen molar-refractivity contribution < 1.29 is 9.53 Å². The zero-order valence-corrected chi connectivity index (χ0v) is 13.6. The van der Waals surface area contributed by atoms with Gasteiger partial charge in [0.1, 0.15) is 5.75 Å². The van der Waals surface area contributed by atoms with Gasteiger partial charge in [0.05, 0.1) is 0 Å². The van der Waals surface area contributed by atoms with E-state index in [2.05, 4.69) is 13.8 Å². The highest BCUT2D eigenvalue weighted by atomic mass is 16.5. The van der Waals surface area contributed by atoms with Crippen molar-refractivity contribution in [2.24, 2.45) is 5.92 Å². The van der Waals surface area contributed by atoms with Crippen molar-refractivity contribution in [2.75, 3.05) is 0 Å². The predicted molar refractivity (Wildman–Crippen MR) is 88.5 cm³/mol. The van der Waals surface area contributed by atoms with Crippen LogP contribution in [0.1, 0.15) is 71.6 Å². The van der Waals surface area contributed by atoms with Gasteiger partial charge in [-0.2, -0.15) is 0 Å². The predicted octanol–water partition coefficient (Wildman–Crippen LogP) is 5.76. The first-order chi connectivity index (χ1) is 10.2. The molecular weight excluding hydrogens is 260 g/mol. The Labute approximate surface area is 129 Å². The highest BCUT2D eigenvalue weighted by Gasteiger charge is 2.08. The number of carbonyl (C=O) groups excluding carboxylic acids is 1. The van der Waals surface area contributed by atoms with Gasteiger partial charge in [-0.15, -0.1) is 0 Å². The van der Waals surface area contributed by atoms with E-state index in [4.69, 9.17) is 4.74 Å². The van der Waals surface area contributed by atoms with Gasteiger partial charge >= 0.3 is 5.97 Å². The van der Waals surface area contributed by atoms with Crippen LogP contribution in [-0.4, -0.2) is 5.97 Å². The van der Waals surface area contributed by atoms with Crippen molar-refractivity contribution in [3.8, 4) is 5.75 Å². The summed E-state index contributed by atoms with van der Waals surface area (Å²) in [5.74, 6) is 1.14. The second-order valence-corrected chi connectivity index (χ2v) is 5.99. The van der Waals surface area contributed by atoms with Gasteiger partial charge in [0.2, 0.25) is 0 Å². The molecule has 0 aliphatic heterocycles. The largest absolute Gasteiger partial charge is 0.427 e. The maximum Gasteiger partial charge on any atom is 0.311 e. The van der Waals surface area contributed by atoms with Gasteiger partial charge in [-0.25, -0.2) is 0 Å². The Hall–Kier alpha value is -1.31. The van der Waals surface area contributed by atoms with Gasteiger partial charge < -0.3 is 4.74 Å². The molecule has 1 unspecified atom stereocenters. The molecule has 2 nitrogen and oxygen atoms in total. The molecule has 0 heterocycles. The summed E-state index contributed by atoms with van der Waals surface area (Å²) in [6.07, 6.45) is 10.7. The molecule has 0 N–H and O–H groups in total. The number of carbonyl (C=O) groups is 1. The maximum atomic E-state index is 11.7. The first-order valence-electron chi connectivity index (χ1n) is 8.48. The van der Waals surface area contributed by atoms with Crippen LogP contribution in [-0.2, 0) is 4.79 Å². The Kier molecular flexibility index (Phi) is 9.60. The quantitative estimate of drug-likeness (QED) is 0.294. The van der Waals surface area contributed by atoms with Gasteiger partial charge in [0.15, 0.2) is 0 Å². The van der Waals surface area contributed by atoms with Gasteiger partial charge in [0.25, 0.3) is 0 Å². The van der Waals surface area contributed by atoms with Crippen molar-refractivity contribution >= 4 is 5.97 Å². The molecule has 0 saturated carbocycles. The van der Waals surface area contributed by atoms with E-state index in [0.717, 1.165) is 6.42 Å². The summed E-state index contributed by atoms with van der Waals surface area (Å²) >= 11 is 0. The fourth-order valence-corrected chi connectivity index (χ4v) is 2.45. The summed E-state index contributed by atoms with van der Waals surface area (Å²) in [6, 6.07) is 9.31. The van der Waals surface area contributed by atoms with Crippen LogP contribution < -0.4 is 4.74 Å². The fraction of sp³-hybridized carbons (Fsp3) is 0.632. The summed E-state index contributed by atoms with van der Waals surface area (Å²) in [4.78, 5) is 11.7. The lowest BCUT2D eigenvalue weighted by molar-refractivity contribution is -0.134. The summed E-state index contributed by atoms with van der Waals surface area (Å²) in [6.45, 7) is 4.48. The molecule has 2 heteroatoms. The van der Waals surface area contributed by atoms with Crippen LogP contribution in [0.3, 0.4) is 0 Å². The Morgan fingerprint density at radius 2 is 1.67 bits per heavy atom. The molecule has 1 atom stereocenters. The molecule has 0 aromatic heterocycles. The SMILES string of the molecule is CCCCCCCCC(C)CCC(=O)Oc1ccccc1. The monoisotopic (exact) mass is 290 g/mol. The number of esters is 1. The van der Waals surface area contributed by atoms with Crippen molar-refractivity contribution in [1.82, 2.24) is 0 Å². The molecule has 0 bridgehead atoms. The Balaban J connectivity index is 2.04. The molecular formula is C19H30O2. The van der Waals surface area contributed by atoms with Gasteiger partial charge in [-0.05, 0) is 24.5 Å². The molecule has 0 radical (unpaired) electrons. The fourth-order valence-electron chi connectivity index (χ4n) is 2.45. The Bertz CT molecular complexity index is 372. The smallest absolute Gasteiger partial charge is 0.311 e. The molecule has 1 aromatic rings. The number of hydrogen-bond acceptors (Lipinski definition) is 2. The van der Waals surface area contributed by atoms with E-state index in [1.54, 1.807) is 0 Å². The lowest BCUT2D eigenvalue weighted by Crippen LogP contribution is -2.09. The summed E-state index contributed by atoms with van der Waals surface area (Å²) < 4.78 is 5.30. The summed E-state index contributed by atoms with van der Waals surface area (Å²) in [5.41, 5.74) is 0. The molecule has 1 rings (SSSR count). The molecule has 118 valence electrons. The van der Waals surface area contributed by atoms with E-state index in [-0.39, 0.29) is 5.97 Å². The number of benzene rings is 1. The number of hydrogen-bond donors (Lipinski definition) is 0. The maximum absolute atomic E-state index is 11.7. The third-order valence-corrected chi connectivity index (χ3v) is 3.87. The Morgan fingerprint density at radius 1 is 1.00 bits per heavy atom. The minimum Gasteiger partial charge on any atom is -0.427 e. The molecule has 1 aromatic carbocycles. The summed E-state index contributed by atoms with van der Waals surface area (Å²) in [5, 5.41) is 0. The van der Waals surface area contributed by atoms with Crippen molar-refractivity contribution in [1.29, 1.82) is 0 Å². The second-order valence-electron chi connectivity index (χ2n) is 5.99. The standard InChI is InChI=1S/C19H30O2/c1-3-4-5-6-7-9-12-17(2)15-16-19(20)21-18-13-10-8-11-14-18/h8,10-11,13-14,17H,3-7,9,12,15-16H2,1-2H3. The molecule has 0 amide bonds. The number of rotatable bonds is 11. The third-order valence-electron chi connectivity index (χ3n) is 3.87. The van der Waals surface area contributed by atoms with Crippen LogP contribution in [0.5, 0.6) is 5.75 Å². The molecule has 0 saturated heterocycles. The number of unbranched alkanes of at least 4 members (excludes halogenated alkanes) is 5. The summed E-state index contributed by atoms with van der Waals surface area (Å²) in [7, 11) is 0. The van der Waals surface area contributed by atoms with Gasteiger partial charge in [-0.1, -0.05) is 77.0 Å².